The zero-order valence-corrected chi connectivity index (χ0v) is 13.3. The van der Waals surface area contributed by atoms with Crippen LogP contribution in [-0.4, -0.2) is 43.1 Å². The average molecular weight is 430 g/mol. The first-order valence-electron chi connectivity index (χ1n) is 6.58. The van der Waals surface area contributed by atoms with Gasteiger partial charge in [0.2, 0.25) is 6.29 Å². The highest BCUT2D eigenvalue weighted by molar-refractivity contribution is 7.96. The second kappa shape index (κ2) is 6.02. The van der Waals surface area contributed by atoms with Gasteiger partial charge in [-0.1, -0.05) is 18.2 Å². The van der Waals surface area contributed by atoms with E-state index in [1.807, 2.05) is 0 Å². The highest BCUT2D eigenvalue weighted by atomic mass is 32.2. The van der Waals surface area contributed by atoms with Crippen LogP contribution in [0.15, 0.2) is 29.2 Å². The van der Waals surface area contributed by atoms with Crippen molar-refractivity contribution in [3.05, 3.63) is 34.7 Å². The molecular formula is C13H7F9O4S. The Morgan fingerprint density at radius 2 is 1.41 bits per heavy atom. The standard InChI is InChI=1S/C13H7F9O4S/c14-10(15,12(18,19)20)11(16,17)13(21,22)27(24,25)8-5-6-3-1-2-4-7(6)26-9(8)23/h1-5,9,23H. The highest BCUT2D eigenvalue weighted by Crippen LogP contribution is 2.56. The zero-order chi connectivity index (χ0) is 21.1. The van der Waals surface area contributed by atoms with Crippen LogP contribution < -0.4 is 4.74 Å². The molecular weight excluding hydrogens is 423 g/mol. The topological polar surface area (TPSA) is 63.6 Å². The smallest absolute Gasteiger partial charge is 0.459 e. The number of ether oxygens (including phenoxy) is 1. The maximum absolute atomic E-state index is 13.8. The lowest BCUT2D eigenvalue weighted by atomic mass is 10.1. The Bertz CT molecular complexity index is 874. The van der Waals surface area contributed by atoms with E-state index in [0.717, 1.165) is 12.1 Å². The molecule has 0 aliphatic carbocycles. The van der Waals surface area contributed by atoms with Crippen molar-refractivity contribution in [1.82, 2.24) is 0 Å². The number of benzene rings is 1. The Morgan fingerprint density at radius 3 is 1.93 bits per heavy atom. The second-order valence-electron chi connectivity index (χ2n) is 5.22. The number of aliphatic hydroxyl groups excluding tert-OH is 1. The van der Waals surface area contributed by atoms with Crippen molar-refractivity contribution < 1.29 is 57.8 Å². The van der Waals surface area contributed by atoms with Crippen molar-refractivity contribution in [3.63, 3.8) is 0 Å². The monoisotopic (exact) mass is 430 g/mol. The minimum atomic E-state index is -7.39. The lowest BCUT2D eigenvalue weighted by Crippen LogP contribution is -2.63. The first-order valence-corrected chi connectivity index (χ1v) is 8.07. The molecule has 1 N–H and O–H groups in total. The van der Waals surface area contributed by atoms with Crippen LogP contribution in [0.1, 0.15) is 5.56 Å². The van der Waals surface area contributed by atoms with E-state index in [0.29, 0.717) is 0 Å². The summed E-state index contributed by atoms with van der Waals surface area (Å²) in [5.74, 6) is -15.1. The van der Waals surface area contributed by atoms with Gasteiger partial charge in [0.05, 0.1) is 0 Å². The maximum atomic E-state index is 13.8. The van der Waals surface area contributed by atoms with E-state index < -0.39 is 44.3 Å². The molecule has 0 radical (unpaired) electrons. The minimum absolute atomic E-state index is 0.203. The van der Waals surface area contributed by atoms with Gasteiger partial charge in [0.1, 0.15) is 10.7 Å². The summed E-state index contributed by atoms with van der Waals surface area (Å²) in [5.41, 5.74) is -0.330. The van der Waals surface area contributed by atoms with Gasteiger partial charge >= 0.3 is 23.3 Å². The third-order valence-corrected chi connectivity index (χ3v) is 5.33. The third kappa shape index (κ3) is 2.94. The van der Waals surface area contributed by atoms with Gasteiger partial charge in [-0.25, -0.2) is 8.42 Å². The lowest BCUT2D eigenvalue weighted by Gasteiger charge is -2.34. The van der Waals surface area contributed by atoms with Crippen LogP contribution in [-0.2, 0) is 9.84 Å². The fraction of sp³-hybridized carbons (Fsp3) is 0.385. The fourth-order valence-electron chi connectivity index (χ4n) is 2.00. The fourth-order valence-corrected chi connectivity index (χ4v) is 3.36. The van der Waals surface area contributed by atoms with Gasteiger partial charge in [0.15, 0.2) is 0 Å². The molecule has 4 nitrogen and oxygen atoms in total. The van der Waals surface area contributed by atoms with Gasteiger partial charge < -0.3 is 9.84 Å². The number of hydrogen-bond acceptors (Lipinski definition) is 4. The first-order chi connectivity index (χ1) is 12.0. The molecule has 0 bridgehead atoms. The molecule has 2 rings (SSSR count). The van der Waals surface area contributed by atoms with Gasteiger partial charge in [0.25, 0.3) is 9.84 Å². The van der Waals surface area contributed by atoms with Crippen molar-refractivity contribution in [2.45, 2.75) is 29.6 Å². The largest absolute Gasteiger partial charge is 0.460 e. The molecule has 0 saturated heterocycles. The van der Waals surface area contributed by atoms with Gasteiger partial charge in [-0.3, -0.25) is 0 Å². The second-order valence-corrected chi connectivity index (χ2v) is 7.21. The van der Waals surface area contributed by atoms with Crippen LogP contribution in [0.4, 0.5) is 39.5 Å². The van der Waals surface area contributed by atoms with Crippen molar-refractivity contribution in [1.29, 1.82) is 0 Å². The average Bonchev–Trinajstić information content (AvgIpc) is 2.52. The van der Waals surface area contributed by atoms with Crippen LogP contribution in [0.2, 0.25) is 0 Å². The SMILES string of the molecule is O=S(=O)(C1=Cc2ccccc2OC1O)C(F)(F)C(F)(F)C(F)(F)C(F)(F)F. The summed E-state index contributed by atoms with van der Waals surface area (Å²) in [6.45, 7) is 0. The number of aliphatic hydroxyl groups is 1. The van der Waals surface area contributed by atoms with E-state index in [1.165, 1.54) is 12.1 Å². The van der Waals surface area contributed by atoms with Crippen LogP contribution in [0.3, 0.4) is 0 Å². The molecule has 1 aliphatic rings. The summed E-state index contributed by atoms with van der Waals surface area (Å²) < 4.78 is 145. The summed E-state index contributed by atoms with van der Waals surface area (Å²) >= 11 is 0. The molecule has 0 aromatic heterocycles. The number of sulfone groups is 1. The summed E-state index contributed by atoms with van der Waals surface area (Å²) in [6, 6.07) is 4.65. The zero-order valence-electron chi connectivity index (χ0n) is 12.4. The first kappa shape index (κ1) is 21.3. The number of halogens is 9. The molecule has 14 heteroatoms. The molecule has 0 amide bonds. The lowest BCUT2D eigenvalue weighted by molar-refractivity contribution is -0.382. The Hall–Kier alpha value is -1.96. The van der Waals surface area contributed by atoms with E-state index in [4.69, 9.17) is 0 Å². The molecule has 27 heavy (non-hydrogen) atoms. The number of para-hydroxylation sites is 1. The Balaban J connectivity index is 2.63. The summed E-state index contributed by atoms with van der Waals surface area (Å²) in [6.07, 6.45) is -9.82. The van der Waals surface area contributed by atoms with Crippen molar-refractivity contribution in [2.24, 2.45) is 0 Å². The predicted octanol–water partition coefficient (Wildman–Crippen LogP) is 3.58. The number of alkyl halides is 9. The minimum Gasteiger partial charge on any atom is -0.459 e. The number of hydrogen-bond donors (Lipinski definition) is 1. The van der Waals surface area contributed by atoms with E-state index in [1.54, 1.807) is 0 Å². The molecule has 1 aliphatic heterocycles. The molecule has 1 aromatic carbocycles. The van der Waals surface area contributed by atoms with Gasteiger partial charge in [0, 0.05) is 5.56 Å². The van der Waals surface area contributed by atoms with E-state index in [9.17, 15) is 53.0 Å². The highest BCUT2D eigenvalue weighted by Gasteiger charge is 2.85. The molecule has 1 heterocycles. The van der Waals surface area contributed by atoms with E-state index in [2.05, 4.69) is 4.74 Å². The molecule has 0 fully saturated rings. The molecule has 152 valence electrons. The Kier molecular flexibility index (Phi) is 4.76. The predicted molar refractivity (Wildman–Crippen MR) is 70.9 cm³/mol. The van der Waals surface area contributed by atoms with Gasteiger partial charge in [-0.05, 0) is 12.1 Å². The Labute approximate surface area is 144 Å². The Morgan fingerprint density at radius 1 is 0.889 bits per heavy atom. The van der Waals surface area contributed by atoms with E-state index >= 15 is 0 Å². The van der Waals surface area contributed by atoms with Gasteiger partial charge in [-0.15, -0.1) is 0 Å². The normalized spacial score (nSPS) is 19.2. The third-order valence-electron chi connectivity index (χ3n) is 3.46. The van der Waals surface area contributed by atoms with Crippen LogP contribution in [0.25, 0.3) is 6.08 Å². The molecule has 0 spiro atoms. The van der Waals surface area contributed by atoms with Gasteiger partial charge in [-0.2, -0.15) is 39.5 Å². The number of fused-ring (bicyclic) bond motifs is 1. The quantitative estimate of drug-likeness (QED) is 0.742. The molecule has 0 saturated carbocycles. The van der Waals surface area contributed by atoms with Crippen molar-refractivity contribution in [3.8, 4) is 5.75 Å². The van der Waals surface area contributed by atoms with Crippen LogP contribution in [0, 0.1) is 0 Å². The molecule has 1 unspecified atom stereocenters. The molecule has 1 atom stereocenters. The van der Waals surface area contributed by atoms with E-state index in [-0.39, 0.29) is 17.4 Å². The molecule has 1 aromatic rings. The number of rotatable bonds is 4. The summed E-state index contributed by atoms with van der Waals surface area (Å²) in [7, 11) is -6.93. The van der Waals surface area contributed by atoms with Crippen molar-refractivity contribution in [2.75, 3.05) is 0 Å². The summed E-state index contributed by atoms with van der Waals surface area (Å²) in [4.78, 5) is -2.01. The summed E-state index contributed by atoms with van der Waals surface area (Å²) in [5, 5.41) is 2.54. The maximum Gasteiger partial charge on any atom is 0.460 e. The van der Waals surface area contributed by atoms with Crippen LogP contribution >= 0.6 is 0 Å². The van der Waals surface area contributed by atoms with Crippen molar-refractivity contribution >= 4 is 15.9 Å². The van der Waals surface area contributed by atoms with Crippen LogP contribution in [0.5, 0.6) is 5.75 Å².